The molecule has 1 aromatic heterocycles. The first-order valence-electron chi connectivity index (χ1n) is 10.5. The molecule has 0 amide bonds. The van der Waals surface area contributed by atoms with E-state index in [9.17, 15) is 5.26 Å². The highest BCUT2D eigenvalue weighted by molar-refractivity contribution is 5.78. The Morgan fingerprint density at radius 2 is 2.13 bits per heavy atom. The highest BCUT2D eigenvalue weighted by atomic mass is 16.5. The van der Waals surface area contributed by atoms with Gasteiger partial charge < -0.3 is 15.4 Å². The van der Waals surface area contributed by atoms with Gasteiger partial charge in [0.25, 0.3) is 0 Å². The maximum absolute atomic E-state index is 9.32. The highest BCUT2D eigenvalue weighted by Gasteiger charge is 2.17. The van der Waals surface area contributed by atoms with Crippen LogP contribution in [-0.2, 0) is 13.6 Å². The molecule has 0 saturated carbocycles. The van der Waals surface area contributed by atoms with Crippen LogP contribution in [0.15, 0.2) is 46.0 Å². The second kappa shape index (κ2) is 11.1. The Hall–Kier alpha value is -3.44. The van der Waals surface area contributed by atoms with Crippen molar-refractivity contribution in [1.29, 1.82) is 5.26 Å². The largest absolute Gasteiger partial charge is 0.439 e. The fourth-order valence-corrected chi connectivity index (χ4v) is 3.48. The smallest absolute Gasteiger partial charge is 0.219 e. The molecular formula is C23H29N7O. The van der Waals surface area contributed by atoms with Gasteiger partial charge in [0.1, 0.15) is 5.75 Å². The first-order valence-corrected chi connectivity index (χ1v) is 10.5. The minimum atomic E-state index is 0.400. The molecule has 162 valence electrons. The van der Waals surface area contributed by atoms with Gasteiger partial charge in [-0.1, -0.05) is 6.07 Å². The van der Waals surface area contributed by atoms with Gasteiger partial charge in [-0.15, -0.1) is 0 Å². The van der Waals surface area contributed by atoms with Gasteiger partial charge in [0.2, 0.25) is 5.88 Å². The molecule has 8 heteroatoms. The van der Waals surface area contributed by atoms with Crippen LogP contribution >= 0.6 is 0 Å². The van der Waals surface area contributed by atoms with E-state index < -0.39 is 0 Å². The normalized spacial score (nSPS) is 14.6. The average Bonchev–Trinajstić information content (AvgIpc) is 3.15. The van der Waals surface area contributed by atoms with Gasteiger partial charge in [-0.2, -0.15) is 10.4 Å². The van der Waals surface area contributed by atoms with Gasteiger partial charge in [-0.05, 0) is 56.7 Å². The van der Waals surface area contributed by atoms with Crippen LogP contribution < -0.4 is 15.4 Å². The number of nitriles is 1. The first kappa shape index (κ1) is 22.2. The summed E-state index contributed by atoms with van der Waals surface area (Å²) >= 11 is 0. The molecule has 0 atom stereocenters. The molecule has 1 aliphatic rings. The summed E-state index contributed by atoms with van der Waals surface area (Å²) in [5.41, 5.74) is 7.93. The van der Waals surface area contributed by atoms with Gasteiger partial charge in [0, 0.05) is 44.2 Å². The molecule has 0 aliphatic carbocycles. The van der Waals surface area contributed by atoms with Crippen molar-refractivity contribution in [3.63, 3.8) is 0 Å². The molecule has 0 bridgehead atoms. The Bertz CT molecular complexity index is 994. The molecule has 2 aromatic rings. The second-order valence-corrected chi connectivity index (χ2v) is 7.44. The summed E-state index contributed by atoms with van der Waals surface area (Å²) in [6, 6.07) is 9.49. The van der Waals surface area contributed by atoms with Crippen LogP contribution in [0.25, 0.3) is 0 Å². The van der Waals surface area contributed by atoms with Gasteiger partial charge in [-0.25, -0.2) is 4.68 Å². The van der Waals surface area contributed by atoms with E-state index in [1.54, 1.807) is 29.2 Å². The lowest BCUT2D eigenvalue weighted by atomic mass is 10.1. The fourth-order valence-electron chi connectivity index (χ4n) is 3.48. The van der Waals surface area contributed by atoms with E-state index in [-0.39, 0.29) is 0 Å². The van der Waals surface area contributed by atoms with Crippen molar-refractivity contribution >= 4 is 18.7 Å². The Kier molecular flexibility index (Phi) is 7.96. The van der Waals surface area contributed by atoms with Crippen LogP contribution in [0, 0.1) is 11.3 Å². The number of nitrogens with two attached hydrogens (primary N) is 1. The third kappa shape index (κ3) is 6.03. The molecule has 1 aliphatic heterocycles. The standard InChI is InChI=1S/C23H29N7O/c1-26-15-19(8-9-24)16-27-17-20-7-6-18(14-25)12-21(20)31-23-13-22(28-29(23)2)30-10-4-3-5-11-30/h6-7,12-13,15-16H,1,3-5,8-11,17,24H2,2H3/b19-15-,27-16?. The maximum Gasteiger partial charge on any atom is 0.219 e. The summed E-state index contributed by atoms with van der Waals surface area (Å²) in [6.07, 6.45) is 7.71. The Morgan fingerprint density at radius 1 is 1.32 bits per heavy atom. The number of rotatable bonds is 9. The molecule has 1 saturated heterocycles. The predicted octanol–water partition coefficient (Wildman–Crippen LogP) is 3.58. The van der Waals surface area contributed by atoms with Crippen molar-refractivity contribution in [1.82, 2.24) is 9.78 Å². The van der Waals surface area contributed by atoms with Gasteiger partial charge >= 0.3 is 0 Å². The minimum absolute atomic E-state index is 0.400. The Morgan fingerprint density at radius 3 is 2.84 bits per heavy atom. The van der Waals surface area contributed by atoms with E-state index in [0.29, 0.717) is 36.7 Å². The van der Waals surface area contributed by atoms with E-state index in [0.717, 1.165) is 30.0 Å². The van der Waals surface area contributed by atoms with Crippen molar-refractivity contribution in [3.05, 3.63) is 47.2 Å². The molecule has 0 unspecified atom stereocenters. The zero-order valence-corrected chi connectivity index (χ0v) is 18.0. The molecule has 1 fully saturated rings. The van der Waals surface area contributed by atoms with E-state index in [1.807, 2.05) is 19.2 Å². The molecule has 2 heterocycles. The summed E-state index contributed by atoms with van der Waals surface area (Å²) in [7, 11) is 1.86. The number of anilines is 1. The van der Waals surface area contributed by atoms with E-state index in [1.165, 1.54) is 19.3 Å². The molecule has 31 heavy (non-hydrogen) atoms. The minimum Gasteiger partial charge on any atom is -0.439 e. The van der Waals surface area contributed by atoms with Crippen molar-refractivity contribution in [3.8, 4) is 17.7 Å². The topological polar surface area (TPSA) is 105 Å². The van der Waals surface area contributed by atoms with Crippen LogP contribution in [0.1, 0.15) is 36.8 Å². The van der Waals surface area contributed by atoms with Gasteiger partial charge in [-0.3, -0.25) is 9.98 Å². The average molecular weight is 420 g/mol. The van der Waals surface area contributed by atoms with Crippen molar-refractivity contribution in [2.75, 3.05) is 24.5 Å². The number of ether oxygens (including phenoxy) is 1. The van der Waals surface area contributed by atoms with Crippen molar-refractivity contribution in [2.24, 2.45) is 22.8 Å². The highest BCUT2D eigenvalue weighted by Crippen LogP contribution is 2.30. The zero-order valence-electron chi connectivity index (χ0n) is 18.0. The summed E-state index contributed by atoms with van der Waals surface area (Å²) < 4.78 is 7.92. The summed E-state index contributed by atoms with van der Waals surface area (Å²) in [5.74, 6) is 2.14. The van der Waals surface area contributed by atoms with Crippen LogP contribution in [0.2, 0.25) is 0 Å². The Labute approximate surface area is 183 Å². The number of aromatic nitrogens is 2. The lowest BCUT2D eigenvalue weighted by molar-refractivity contribution is 0.426. The SMILES string of the molecule is C=N/C=C(\C=NCc1ccc(C#N)cc1Oc1cc(N2CCCCC2)nn1C)CCN. The summed E-state index contributed by atoms with van der Waals surface area (Å²) in [5, 5.41) is 13.9. The second-order valence-electron chi connectivity index (χ2n) is 7.44. The van der Waals surface area contributed by atoms with Crippen LogP contribution in [0.5, 0.6) is 11.6 Å². The predicted molar refractivity (Wildman–Crippen MR) is 124 cm³/mol. The first-order chi connectivity index (χ1) is 15.1. The molecule has 0 spiro atoms. The maximum atomic E-state index is 9.32. The van der Waals surface area contributed by atoms with E-state index in [2.05, 4.69) is 32.8 Å². The molecule has 0 radical (unpaired) electrons. The number of aliphatic imine (C=N–C) groups is 2. The number of benzene rings is 1. The van der Waals surface area contributed by atoms with Crippen molar-refractivity contribution in [2.45, 2.75) is 32.2 Å². The van der Waals surface area contributed by atoms with Crippen LogP contribution in [0.3, 0.4) is 0 Å². The summed E-state index contributed by atoms with van der Waals surface area (Å²) in [6.45, 7) is 6.42. The number of nitrogens with zero attached hydrogens (tertiary/aromatic N) is 6. The zero-order chi connectivity index (χ0) is 22.1. The number of hydrogen-bond donors (Lipinski definition) is 1. The van der Waals surface area contributed by atoms with E-state index >= 15 is 0 Å². The number of hydrogen-bond acceptors (Lipinski definition) is 7. The van der Waals surface area contributed by atoms with Crippen LogP contribution in [0.4, 0.5) is 5.82 Å². The van der Waals surface area contributed by atoms with Gasteiger partial charge in [0.15, 0.2) is 5.82 Å². The van der Waals surface area contributed by atoms with Crippen LogP contribution in [-0.4, -0.2) is 42.3 Å². The molecule has 3 rings (SSSR count). The Balaban J connectivity index is 1.80. The molecule has 1 aromatic carbocycles. The van der Waals surface area contributed by atoms with Crippen molar-refractivity contribution < 1.29 is 4.74 Å². The lowest BCUT2D eigenvalue weighted by Crippen LogP contribution is -2.29. The summed E-state index contributed by atoms with van der Waals surface area (Å²) in [4.78, 5) is 10.6. The number of piperidine rings is 1. The quantitative estimate of drug-likeness (QED) is 0.626. The third-order valence-corrected chi connectivity index (χ3v) is 5.12. The third-order valence-electron chi connectivity index (χ3n) is 5.12. The molecule has 2 N–H and O–H groups in total. The van der Waals surface area contributed by atoms with Gasteiger partial charge in [0.05, 0.1) is 18.2 Å². The number of aryl methyl sites for hydroxylation is 1. The lowest BCUT2D eigenvalue weighted by Gasteiger charge is -2.26. The fraction of sp³-hybridized carbons (Fsp3) is 0.391. The molecule has 8 nitrogen and oxygen atoms in total. The monoisotopic (exact) mass is 419 g/mol. The molecular weight excluding hydrogens is 390 g/mol. The van der Waals surface area contributed by atoms with E-state index in [4.69, 9.17) is 10.5 Å².